The number of ketones is 1. The van der Waals surface area contributed by atoms with Crippen molar-refractivity contribution in [2.24, 2.45) is 5.41 Å². The van der Waals surface area contributed by atoms with Crippen molar-refractivity contribution in [1.29, 1.82) is 0 Å². The molecule has 1 unspecified atom stereocenters. The number of amides is 1. The molecule has 1 amide bonds. The molecule has 0 aromatic heterocycles. The van der Waals surface area contributed by atoms with E-state index in [-0.39, 0.29) is 29.4 Å². The second-order valence-corrected chi connectivity index (χ2v) is 10.3. The molecular formula is C27H23Cl2NO2. The maximum atomic E-state index is 13.6. The third-order valence-corrected chi connectivity index (χ3v) is 7.24. The SMILES string of the molecule is CC1(C)CC(=O)C2=C(C1)N(c1ccc(Cl)c(Cl)c1)C(=O)CC2c1cccc2ccccc12. The Morgan fingerprint density at radius 3 is 2.44 bits per heavy atom. The normalized spacial score (nSPS) is 20.6. The van der Waals surface area contributed by atoms with Crippen molar-refractivity contribution in [3.05, 3.63) is 87.5 Å². The van der Waals surface area contributed by atoms with Gasteiger partial charge in [0.1, 0.15) is 0 Å². The van der Waals surface area contributed by atoms with Crippen molar-refractivity contribution >= 4 is 51.4 Å². The molecule has 1 aliphatic carbocycles. The molecule has 32 heavy (non-hydrogen) atoms. The number of carbonyl (C=O) groups is 2. The number of allylic oxidation sites excluding steroid dienone is 2. The Labute approximate surface area is 197 Å². The van der Waals surface area contributed by atoms with Crippen molar-refractivity contribution in [1.82, 2.24) is 0 Å². The van der Waals surface area contributed by atoms with Gasteiger partial charge in [-0.25, -0.2) is 0 Å². The first-order valence-electron chi connectivity index (χ1n) is 10.8. The molecule has 0 N–H and O–H groups in total. The summed E-state index contributed by atoms with van der Waals surface area (Å²) < 4.78 is 0. The van der Waals surface area contributed by atoms with E-state index < -0.39 is 0 Å². The number of hydrogen-bond acceptors (Lipinski definition) is 2. The molecule has 1 heterocycles. The monoisotopic (exact) mass is 463 g/mol. The molecule has 1 atom stereocenters. The average Bonchev–Trinajstić information content (AvgIpc) is 2.74. The van der Waals surface area contributed by atoms with E-state index in [1.165, 1.54) is 0 Å². The summed E-state index contributed by atoms with van der Waals surface area (Å²) in [5.74, 6) is -0.177. The van der Waals surface area contributed by atoms with Crippen LogP contribution in [-0.2, 0) is 9.59 Å². The summed E-state index contributed by atoms with van der Waals surface area (Å²) in [4.78, 5) is 28.8. The van der Waals surface area contributed by atoms with Crippen LogP contribution in [0.25, 0.3) is 10.8 Å². The van der Waals surface area contributed by atoms with Crippen molar-refractivity contribution < 1.29 is 9.59 Å². The molecule has 5 rings (SSSR count). The van der Waals surface area contributed by atoms with Gasteiger partial charge < -0.3 is 0 Å². The van der Waals surface area contributed by atoms with Gasteiger partial charge in [-0.1, -0.05) is 79.5 Å². The lowest BCUT2D eigenvalue weighted by molar-refractivity contribution is -0.120. The van der Waals surface area contributed by atoms with E-state index in [9.17, 15) is 9.59 Å². The lowest BCUT2D eigenvalue weighted by atomic mass is 9.69. The lowest BCUT2D eigenvalue weighted by Crippen LogP contribution is -2.43. The molecule has 1 aliphatic heterocycles. The standard InChI is InChI=1S/C27H23Cl2NO2/c1-27(2)14-23-26(24(31)15-27)20(19-9-5-7-16-6-3-4-8-18(16)19)13-25(32)30(23)17-10-11-21(28)22(29)12-17/h3-12,20H,13-15H2,1-2H3. The van der Waals surface area contributed by atoms with Crippen molar-refractivity contribution in [3.8, 4) is 0 Å². The molecule has 162 valence electrons. The predicted octanol–water partition coefficient (Wildman–Crippen LogP) is 7.31. The van der Waals surface area contributed by atoms with Crippen molar-refractivity contribution in [2.45, 2.75) is 39.0 Å². The molecule has 3 nitrogen and oxygen atoms in total. The minimum absolute atomic E-state index is 0.0365. The fraction of sp³-hybridized carbons (Fsp3) is 0.259. The molecule has 0 radical (unpaired) electrons. The number of rotatable bonds is 2. The van der Waals surface area contributed by atoms with Gasteiger partial charge in [0.15, 0.2) is 5.78 Å². The van der Waals surface area contributed by atoms with Crippen LogP contribution in [0.4, 0.5) is 5.69 Å². The molecule has 2 aliphatic rings. The van der Waals surface area contributed by atoms with Gasteiger partial charge in [-0.05, 0) is 46.4 Å². The Bertz CT molecular complexity index is 1300. The molecule has 3 aromatic carbocycles. The summed E-state index contributed by atoms with van der Waals surface area (Å²) in [6.07, 6.45) is 1.34. The highest BCUT2D eigenvalue weighted by Gasteiger charge is 2.44. The van der Waals surface area contributed by atoms with Crippen LogP contribution in [0, 0.1) is 5.41 Å². The summed E-state index contributed by atoms with van der Waals surface area (Å²) in [6, 6.07) is 19.4. The van der Waals surface area contributed by atoms with E-state index in [0.717, 1.165) is 27.6 Å². The molecule has 0 fully saturated rings. The Morgan fingerprint density at radius 1 is 0.906 bits per heavy atom. The molecule has 0 bridgehead atoms. The first kappa shape index (κ1) is 21.2. The van der Waals surface area contributed by atoms with Gasteiger partial charge >= 0.3 is 0 Å². The average molecular weight is 464 g/mol. The first-order valence-corrected chi connectivity index (χ1v) is 11.5. The minimum Gasteiger partial charge on any atom is -0.294 e. The van der Waals surface area contributed by atoms with Gasteiger partial charge in [0, 0.05) is 30.0 Å². The third kappa shape index (κ3) is 3.54. The Kier molecular flexibility index (Phi) is 5.15. The fourth-order valence-electron chi connectivity index (χ4n) is 5.16. The van der Waals surface area contributed by atoms with Crippen molar-refractivity contribution in [3.63, 3.8) is 0 Å². The quantitative estimate of drug-likeness (QED) is 0.399. The van der Waals surface area contributed by atoms with Crippen molar-refractivity contribution in [2.75, 3.05) is 4.90 Å². The van der Waals surface area contributed by atoms with E-state index in [4.69, 9.17) is 23.2 Å². The van der Waals surface area contributed by atoms with Gasteiger partial charge in [-0.2, -0.15) is 0 Å². The van der Waals surface area contributed by atoms with Gasteiger partial charge in [-0.3, -0.25) is 14.5 Å². The zero-order valence-electron chi connectivity index (χ0n) is 18.0. The number of nitrogens with zero attached hydrogens (tertiary/aromatic N) is 1. The van der Waals surface area contributed by atoms with Crippen LogP contribution in [0.3, 0.4) is 0 Å². The maximum absolute atomic E-state index is 13.6. The molecule has 5 heteroatoms. The van der Waals surface area contributed by atoms with Crippen LogP contribution in [0.2, 0.25) is 10.0 Å². The van der Waals surface area contributed by atoms with E-state index >= 15 is 0 Å². The maximum Gasteiger partial charge on any atom is 0.232 e. The fourth-order valence-corrected chi connectivity index (χ4v) is 5.45. The summed E-state index contributed by atoms with van der Waals surface area (Å²) >= 11 is 12.4. The topological polar surface area (TPSA) is 37.4 Å². The van der Waals surface area contributed by atoms with Crippen LogP contribution in [0.15, 0.2) is 71.9 Å². The van der Waals surface area contributed by atoms with Crippen LogP contribution in [-0.4, -0.2) is 11.7 Å². The zero-order chi connectivity index (χ0) is 22.6. The number of benzene rings is 3. The van der Waals surface area contributed by atoms with E-state index in [2.05, 4.69) is 32.0 Å². The summed E-state index contributed by atoms with van der Waals surface area (Å²) in [7, 11) is 0. The highest BCUT2D eigenvalue weighted by Crippen LogP contribution is 2.49. The predicted molar refractivity (Wildman–Crippen MR) is 130 cm³/mol. The summed E-state index contributed by atoms with van der Waals surface area (Å²) in [5.41, 5.74) is 3.00. The summed E-state index contributed by atoms with van der Waals surface area (Å²) in [6.45, 7) is 4.15. The number of carbonyl (C=O) groups excluding carboxylic acids is 2. The van der Waals surface area contributed by atoms with Crippen LogP contribution < -0.4 is 4.90 Å². The van der Waals surface area contributed by atoms with E-state index in [1.54, 1.807) is 23.1 Å². The van der Waals surface area contributed by atoms with Gasteiger partial charge in [0.05, 0.1) is 15.7 Å². The Balaban J connectivity index is 1.74. The number of hydrogen-bond donors (Lipinski definition) is 0. The van der Waals surface area contributed by atoms with Crippen LogP contribution >= 0.6 is 23.2 Å². The lowest BCUT2D eigenvalue weighted by Gasteiger charge is -2.43. The van der Waals surface area contributed by atoms with E-state index in [1.807, 2.05) is 24.3 Å². The van der Waals surface area contributed by atoms with Crippen LogP contribution in [0.5, 0.6) is 0 Å². The minimum atomic E-state index is -0.258. The largest absolute Gasteiger partial charge is 0.294 e. The van der Waals surface area contributed by atoms with Gasteiger partial charge in [-0.15, -0.1) is 0 Å². The Morgan fingerprint density at radius 2 is 1.66 bits per heavy atom. The molecule has 0 saturated carbocycles. The molecular weight excluding hydrogens is 441 g/mol. The second-order valence-electron chi connectivity index (χ2n) is 9.45. The zero-order valence-corrected chi connectivity index (χ0v) is 19.5. The first-order chi connectivity index (χ1) is 15.2. The molecule has 3 aromatic rings. The number of fused-ring (bicyclic) bond motifs is 1. The second kappa shape index (κ2) is 7.75. The smallest absolute Gasteiger partial charge is 0.232 e. The number of halogens is 2. The highest BCUT2D eigenvalue weighted by atomic mass is 35.5. The molecule has 0 spiro atoms. The number of anilines is 1. The Hall–Kier alpha value is -2.62. The van der Waals surface area contributed by atoms with Crippen LogP contribution in [0.1, 0.15) is 44.6 Å². The van der Waals surface area contributed by atoms with Gasteiger partial charge in [0.25, 0.3) is 0 Å². The highest BCUT2D eigenvalue weighted by molar-refractivity contribution is 6.42. The third-order valence-electron chi connectivity index (χ3n) is 6.50. The summed E-state index contributed by atoms with van der Waals surface area (Å²) in [5, 5.41) is 3.01. The molecule has 0 saturated heterocycles. The van der Waals surface area contributed by atoms with E-state index in [0.29, 0.717) is 28.6 Å². The van der Waals surface area contributed by atoms with Gasteiger partial charge in [0.2, 0.25) is 5.91 Å². The number of Topliss-reactive ketones (excluding diaryl/α,β-unsaturated/α-hetero) is 1.